The summed E-state index contributed by atoms with van der Waals surface area (Å²) in [6.07, 6.45) is 5.16. The number of benzene rings is 2. The number of anilines is 1. The molecule has 5 heterocycles. The van der Waals surface area contributed by atoms with E-state index >= 15 is 0 Å². The fraction of sp³-hybridized carbons (Fsp3) is 0.188. The zero-order chi connectivity index (χ0) is 30.2. The molecular formula is C32H26IN9OS. The van der Waals surface area contributed by atoms with Crippen LogP contribution in [-0.2, 0) is 6.54 Å². The standard InChI is InChI=1S/C32H26IN9OS/c33-27-16-21(38-32(43)20-7-10-26-25(15-20)39-28(17-34)44-26)11-14-41(27)18-19-5-8-22(9-6-19)42-30(23-3-1-12-36-29(23)35)40-24-4-2-13-37-31(24)42/h1-10,12-13,15,21,27H,11,14,16,18H2,(H2,35,36)(H,38,43). The van der Waals surface area contributed by atoms with E-state index in [1.807, 2.05) is 34.9 Å². The predicted molar refractivity (Wildman–Crippen MR) is 180 cm³/mol. The van der Waals surface area contributed by atoms with E-state index in [-0.39, 0.29) is 16.0 Å². The van der Waals surface area contributed by atoms with Gasteiger partial charge in [0.05, 0.1) is 19.8 Å². The van der Waals surface area contributed by atoms with Gasteiger partial charge in [0.1, 0.15) is 17.4 Å². The third-order valence-corrected chi connectivity index (χ3v) is 10.0. The minimum absolute atomic E-state index is 0.0872. The molecule has 3 N–H and O–H groups in total. The van der Waals surface area contributed by atoms with Crippen LogP contribution in [0.2, 0.25) is 0 Å². The Hall–Kier alpha value is -4.45. The number of hydrogen-bond acceptors (Lipinski definition) is 9. The van der Waals surface area contributed by atoms with Gasteiger partial charge in [-0.25, -0.2) is 19.9 Å². The number of hydrogen-bond donors (Lipinski definition) is 2. The van der Waals surface area contributed by atoms with Crippen molar-refractivity contribution in [3.05, 3.63) is 95.3 Å². The zero-order valence-corrected chi connectivity index (χ0v) is 26.4. The van der Waals surface area contributed by atoms with Crippen molar-refractivity contribution < 1.29 is 4.79 Å². The molecule has 1 fully saturated rings. The lowest BCUT2D eigenvalue weighted by atomic mass is 10.0. The quantitative estimate of drug-likeness (QED) is 0.128. The number of alkyl halides is 1. The van der Waals surface area contributed by atoms with E-state index in [9.17, 15) is 4.79 Å². The normalized spacial score (nSPS) is 17.1. The monoisotopic (exact) mass is 711 g/mol. The summed E-state index contributed by atoms with van der Waals surface area (Å²) in [6.45, 7) is 1.68. The Labute approximate surface area is 270 Å². The number of nitrogens with one attached hydrogen (secondary N) is 1. The van der Waals surface area contributed by atoms with Crippen molar-refractivity contribution in [3.8, 4) is 23.1 Å². The molecule has 1 amide bonds. The minimum atomic E-state index is -0.107. The number of pyridine rings is 2. The van der Waals surface area contributed by atoms with Crippen LogP contribution in [0.25, 0.3) is 38.5 Å². The number of amides is 1. The van der Waals surface area contributed by atoms with Gasteiger partial charge in [-0.15, -0.1) is 11.3 Å². The third kappa shape index (κ3) is 5.49. The molecule has 4 aromatic heterocycles. The number of nitrogens with zero attached hydrogens (tertiary/aromatic N) is 7. The second-order valence-electron chi connectivity index (χ2n) is 10.6. The van der Waals surface area contributed by atoms with Crippen molar-refractivity contribution in [3.63, 3.8) is 0 Å². The molecule has 44 heavy (non-hydrogen) atoms. The fourth-order valence-electron chi connectivity index (χ4n) is 5.59. The highest BCUT2D eigenvalue weighted by Crippen LogP contribution is 2.31. The number of carbonyl (C=O) groups excluding carboxylic acids is 1. The lowest BCUT2D eigenvalue weighted by molar-refractivity contribution is 0.0904. The number of nitrogens with two attached hydrogens (primary N) is 1. The van der Waals surface area contributed by atoms with Crippen LogP contribution in [-0.4, -0.2) is 51.9 Å². The van der Waals surface area contributed by atoms with Gasteiger partial charge in [0, 0.05) is 42.8 Å². The van der Waals surface area contributed by atoms with Gasteiger partial charge in [0.2, 0.25) is 0 Å². The molecule has 10 nitrogen and oxygen atoms in total. The Morgan fingerprint density at radius 2 is 1.89 bits per heavy atom. The van der Waals surface area contributed by atoms with E-state index in [0.717, 1.165) is 53.0 Å². The Bertz CT molecular complexity index is 2050. The van der Waals surface area contributed by atoms with Crippen LogP contribution in [0.15, 0.2) is 79.1 Å². The molecule has 12 heteroatoms. The number of carbonyl (C=O) groups is 1. The molecule has 7 rings (SSSR count). The summed E-state index contributed by atoms with van der Waals surface area (Å²) in [5.74, 6) is 1.01. The summed E-state index contributed by atoms with van der Waals surface area (Å²) in [4.78, 5) is 33.5. The topological polar surface area (TPSA) is 139 Å². The van der Waals surface area contributed by atoms with Crippen LogP contribution in [0.1, 0.15) is 33.8 Å². The molecule has 0 aliphatic carbocycles. The van der Waals surface area contributed by atoms with Crippen molar-refractivity contribution in [1.29, 1.82) is 5.26 Å². The Morgan fingerprint density at radius 3 is 2.68 bits per heavy atom. The number of imidazole rings is 1. The van der Waals surface area contributed by atoms with E-state index in [0.29, 0.717) is 27.7 Å². The number of nitrogen functional groups attached to an aromatic ring is 1. The highest BCUT2D eigenvalue weighted by Gasteiger charge is 2.28. The van der Waals surface area contributed by atoms with Gasteiger partial charge in [-0.1, -0.05) is 34.7 Å². The number of likely N-dealkylation sites (tertiary alicyclic amines) is 1. The summed E-state index contributed by atoms with van der Waals surface area (Å²) >= 11 is 3.81. The lowest BCUT2D eigenvalue weighted by Gasteiger charge is -2.37. The Kier molecular flexibility index (Phi) is 7.67. The van der Waals surface area contributed by atoms with Gasteiger partial charge in [-0.3, -0.25) is 14.3 Å². The molecule has 0 bridgehead atoms. The maximum atomic E-state index is 13.0. The third-order valence-electron chi connectivity index (χ3n) is 7.80. The number of piperidine rings is 1. The number of thiazole rings is 1. The fourth-order valence-corrected chi connectivity index (χ4v) is 7.42. The molecule has 2 aromatic carbocycles. The Morgan fingerprint density at radius 1 is 1.07 bits per heavy atom. The first-order chi connectivity index (χ1) is 21.5. The van der Waals surface area contributed by atoms with Crippen molar-refractivity contribution in [1.82, 2.24) is 34.7 Å². The van der Waals surface area contributed by atoms with Crippen LogP contribution < -0.4 is 11.1 Å². The minimum Gasteiger partial charge on any atom is -0.383 e. The zero-order valence-electron chi connectivity index (χ0n) is 23.4. The summed E-state index contributed by atoms with van der Waals surface area (Å²) in [6, 6.07) is 23.7. The SMILES string of the molecule is N#Cc1nc2cc(C(=O)NC3CCN(Cc4ccc(-n5c(-c6cccnc6N)nc6cccnc65)cc4)C(I)C3)ccc2s1. The summed E-state index contributed by atoms with van der Waals surface area (Å²) in [5, 5.41) is 12.7. The van der Waals surface area contributed by atoms with Crippen LogP contribution in [0.5, 0.6) is 0 Å². The molecule has 1 saturated heterocycles. The van der Waals surface area contributed by atoms with E-state index in [1.165, 1.54) is 16.9 Å². The van der Waals surface area contributed by atoms with Crippen molar-refractivity contribution in [2.24, 2.45) is 0 Å². The van der Waals surface area contributed by atoms with E-state index < -0.39 is 0 Å². The van der Waals surface area contributed by atoms with Crippen molar-refractivity contribution in [2.75, 3.05) is 12.3 Å². The highest BCUT2D eigenvalue weighted by atomic mass is 127. The first-order valence-corrected chi connectivity index (χ1v) is 16.2. The van der Waals surface area contributed by atoms with Gasteiger partial charge in [0.25, 0.3) is 5.91 Å². The molecule has 2 atom stereocenters. The van der Waals surface area contributed by atoms with Crippen LogP contribution in [0.4, 0.5) is 5.82 Å². The maximum absolute atomic E-state index is 13.0. The summed E-state index contributed by atoms with van der Waals surface area (Å²) in [7, 11) is 0. The molecule has 0 radical (unpaired) electrons. The first-order valence-electron chi connectivity index (χ1n) is 14.1. The molecule has 1 aliphatic heterocycles. The largest absolute Gasteiger partial charge is 0.383 e. The van der Waals surface area contributed by atoms with E-state index in [4.69, 9.17) is 16.0 Å². The van der Waals surface area contributed by atoms with Gasteiger partial charge in [-0.2, -0.15) is 5.26 Å². The lowest BCUT2D eigenvalue weighted by Crippen LogP contribution is -2.47. The van der Waals surface area contributed by atoms with Crippen molar-refractivity contribution in [2.45, 2.75) is 29.5 Å². The highest BCUT2D eigenvalue weighted by molar-refractivity contribution is 14.1. The molecule has 0 spiro atoms. The smallest absolute Gasteiger partial charge is 0.251 e. The van der Waals surface area contributed by atoms with Crippen LogP contribution >= 0.6 is 33.9 Å². The number of fused-ring (bicyclic) bond motifs is 2. The van der Waals surface area contributed by atoms with Crippen LogP contribution in [0, 0.1) is 11.3 Å². The van der Waals surface area contributed by atoms with Gasteiger partial charge in [-0.05, 0) is 73.0 Å². The van der Waals surface area contributed by atoms with E-state index in [2.05, 4.69) is 78.1 Å². The maximum Gasteiger partial charge on any atom is 0.251 e. The molecule has 1 aliphatic rings. The van der Waals surface area contributed by atoms with E-state index in [1.54, 1.807) is 24.5 Å². The van der Waals surface area contributed by atoms with Crippen molar-refractivity contribution >= 4 is 67.0 Å². The molecule has 218 valence electrons. The number of aromatic nitrogens is 5. The number of nitriles is 1. The predicted octanol–water partition coefficient (Wildman–Crippen LogP) is 5.70. The molecular weight excluding hydrogens is 685 g/mol. The first kappa shape index (κ1) is 28.3. The molecule has 2 unspecified atom stereocenters. The van der Waals surface area contributed by atoms with Gasteiger partial charge >= 0.3 is 0 Å². The summed E-state index contributed by atoms with van der Waals surface area (Å²) in [5.41, 5.74) is 11.9. The number of halogens is 1. The number of rotatable bonds is 6. The van der Waals surface area contributed by atoms with Gasteiger partial charge in [0.15, 0.2) is 16.5 Å². The summed E-state index contributed by atoms with van der Waals surface area (Å²) < 4.78 is 3.20. The second kappa shape index (κ2) is 11.9. The average Bonchev–Trinajstić information content (AvgIpc) is 3.64. The van der Waals surface area contributed by atoms with Crippen LogP contribution in [0.3, 0.4) is 0 Å². The molecule has 6 aromatic rings. The Balaban J connectivity index is 1.03. The second-order valence-corrected chi connectivity index (χ2v) is 13.1. The molecule has 0 saturated carbocycles. The van der Waals surface area contributed by atoms with Gasteiger partial charge < -0.3 is 11.1 Å². The average molecular weight is 712 g/mol.